The molecule has 0 aromatic heterocycles. The molecule has 6 nitrogen and oxygen atoms in total. The van der Waals surface area contributed by atoms with Gasteiger partial charge in [0, 0.05) is 6.42 Å². The molecule has 20 heavy (non-hydrogen) atoms. The zero-order chi connectivity index (χ0) is 15.0. The molecule has 1 fully saturated rings. The summed E-state index contributed by atoms with van der Waals surface area (Å²) in [7, 11) is 0. The van der Waals surface area contributed by atoms with Gasteiger partial charge in [0.2, 0.25) is 0 Å². The summed E-state index contributed by atoms with van der Waals surface area (Å²) >= 11 is 0. The van der Waals surface area contributed by atoms with Crippen molar-refractivity contribution < 1.29 is 29.3 Å². The van der Waals surface area contributed by atoms with Crippen molar-refractivity contribution in [3.05, 3.63) is 35.4 Å². The number of carbonyl (C=O) groups excluding carboxylic acids is 1. The molecule has 108 valence electrons. The lowest BCUT2D eigenvalue weighted by molar-refractivity contribution is -0.142. The summed E-state index contributed by atoms with van der Waals surface area (Å²) in [5.41, 5.74) is 0.167. The van der Waals surface area contributed by atoms with Crippen molar-refractivity contribution in [2.45, 2.75) is 25.7 Å². The van der Waals surface area contributed by atoms with E-state index in [1.807, 2.05) is 0 Å². The van der Waals surface area contributed by atoms with E-state index < -0.39 is 11.9 Å². The van der Waals surface area contributed by atoms with Crippen molar-refractivity contribution in [1.82, 2.24) is 0 Å². The number of cyclic esters (lactones) is 1. The van der Waals surface area contributed by atoms with E-state index in [2.05, 4.69) is 0 Å². The first-order valence-corrected chi connectivity index (χ1v) is 6.23. The number of hydrogen-bond donors (Lipinski definition) is 2. The van der Waals surface area contributed by atoms with E-state index in [0.717, 1.165) is 19.3 Å². The van der Waals surface area contributed by atoms with Gasteiger partial charge < -0.3 is 14.9 Å². The standard InChI is InChI=1S/C8H6O4.C6H10O2/c9-7(10)5-1-2-6(4-3-5)8(11)12;7-6-4-2-1-3-5-8-6/h1-4H,(H,9,10)(H,11,12);1-5H2. The minimum Gasteiger partial charge on any atom is -0.478 e. The smallest absolute Gasteiger partial charge is 0.335 e. The van der Waals surface area contributed by atoms with E-state index in [9.17, 15) is 14.4 Å². The topological polar surface area (TPSA) is 101 Å². The lowest BCUT2D eigenvalue weighted by Gasteiger charge is -1.94. The Morgan fingerprint density at radius 1 is 0.900 bits per heavy atom. The third-order valence-electron chi connectivity index (χ3n) is 2.67. The Kier molecular flexibility index (Phi) is 6.22. The summed E-state index contributed by atoms with van der Waals surface area (Å²) in [5, 5.41) is 16.9. The minimum atomic E-state index is -1.06. The van der Waals surface area contributed by atoms with Crippen molar-refractivity contribution in [1.29, 1.82) is 0 Å². The van der Waals surface area contributed by atoms with Crippen LogP contribution in [0.3, 0.4) is 0 Å². The van der Waals surface area contributed by atoms with Gasteiger partial charge in [0.25, 0.3) is 0 Å². The quantitative estimate of drug-likeness (QED) is 0.805. The summed E-state index contributed by atoms with van der Waals surface area (Å²) < 4.78 is 4.76. The van der Waals surface area contributed by atoms with Crippen molar-refractivity contribution in [2.75, 3.05) is 6.61 Å². The van der Waals surface area contributed by atoms with Crippen LogP contribution < -0.4 is 0 Å². The second-order valence-corrected chi connectivity index (χ2v) is 4.22. The number of carbonyl (C=O) groups is 3. The fourth-order valence-corrected chi connectivity index (χ4v) is 1.56. The molecular weight excluding hydrogens is 264 g/mol. The van der Waals surface area contributed by atoms with E-state index >= 15 is 0 Å². The summed E-state index contributed by atoms with van der Waals surface area (Å²) in [6.07, 6.45) is 3.83. The van der Waals surface area contributed by atoms with Crippen LogP contribution in [0.15, 0.2) is 24.3 Å². The van der Waals surface area contributed by atoms with Crippen LogP contribution in [0.1, 0.15) is 46.4 Å². The fraction of sp³-hybridized carbons (Fsp3) is 0.357. The second-order valence-electron chi connectivity index (χ2n) is 4.22. The minimum absolute atomic E-state index is 0.0255. The van der Waals surface area contributed by atoms with Gasteiger partial charge in [-0.2, -0.15) is 0 Å². The Hall–Kier alpha value is -2.37. The van der Waals surface area contributed by atoms with Crippen molar-refractivity contribution in [3.8, 4) is 0 Å². The number of benzene rings is 1. The van der Waals surface area contributed by atoms with Crippen LogP contribution in [0.25, 0.3) is 0 Å². The molecule has 0 spiro atoms. The van der Waals surface area contributed by atoms with Crippen molar-refractivity contribution in [3.63, 3.8) is 0 Å². The van der Waals surface area contributed by atoms with E-state index in [1.165, 1.54) is 24.3 Å². The van der Waals surface area contributed by atoms with Gasteiger partial charge in [-0.1, -0.05) is 0 Å². The SMILES string of the molecule is O=C(O)c1ccc(C(=O)O)cc1.O=C1CCCCCO1. The van der Waals surface area contributed by atoms with E-state index in [0.29, 0.717) is 13.0 Å². The highest BCUT2D eigenvalue weighted by molar-refractivity contribution is 5.91. The van der Waals surface area contributed by atoms with Gasteiger partial charge in [-0.15, -0.1) is 0 Å². The van der Waals surface area contributed by atoms with Gasteiger partial charge in [0.05, 0.1) is 17.7 Å². The van der Waals surface area contributed by atoms with Gasteiger partial charge >= 0.3 is 17.9 Å². The monoisotopic (exact) mass is 280 g/mol. The first-order valence-electron chi connectivity index (χ1n) is 6.23. The lowest BCUT2D eigenvalue weighted by atomic mass is 10.1. The Morgan fingerprint density at radius 3 is 1.85 bits per heavy atom. The third kappa shape index (κ3) is 5.51. The molecule has 2 rings (SSSR count). The average molecular weight is 280 g/mol. The second kappa shape index (κ2) is 7.93. The van der Waals surface area contributed by atoms with Crippen molar-refractivity contribution >= 4 is 17.9 Å². The fourth-order valence-electron chi connectivity index (χ4n) is 1.56. The molecule has 1 saturated heterocycles. The molecule has 1 aromatic rings. The van der Waals surface area contributed by atoms with E-state index in [-0.39, 0.29) is 17.1 Å². The van der Waals surface area contributed by atoms with Gasteiger partial charge in [-0.25, -0.2) is 9.59 Å². The average Bonchev–Trinajstić information content (AvgIpc) is 2.67. The van der Waals surface area contributed by atoms with Crippen LogP contribution in [0.2, 0.25) is 0 Å². The highest BCUT2D eigenvalue weighted by Crippen LogP contribution is 2.06. The van der Waals surface area contributed by atoms with Crippen LogP contribution in [0, 0.1) is 0 Å². The molecule has 0 aliphatic carbocycles. The molecule has 1 aromatic carbocycles. The molecule has 0 unspecified atom stereocenters. The number of rotatable bonds is 2. The molecule has 1 aliphatic heterocycles. The molecule has 0 bridgehead atoms. The van der Waals surface area contributed by atoms with Crippen LogP contribution in [-0.2, 0) is 9.53 Å². The van der Waals surface area contributed by atoms with Crippen LogP contribution in [-0.4, -0.2) is 34.7 Å². The molecule has 1 aliphatic rings. The summed E-state index contributed by atoms with van der Waals surface area (Å²) in [6.45, 7) is 0.638. The maximum atomic E-state index is 10.5. The lowest BCUT2D eigenvalue weighted by Crippen LogP contribution is -2.00. The number of carboxylic acid groups (broad SMARTS) is 2. The van der Waals surface area contributed by atoms with Crippen LogP contribution in [0.5, 0.6) is 0 Å². The Labute approximate surface area is 116 Å². The molecule has 1 heterocycles. The molecule has 0 amide bonds. The zero-order valence-electron chi connectivity index (χ0n) is 10.9. The third-order valence-corrected chi connectivity index (χ3v) is 2.67. The number of aromatic carboxylic acids is 2. The van der Waals surface area contributed by atoms with E-state index in [4.69, 9.17) is 14.9 Å². The number of hydrogen-bond acceptors (Lipinski definition) is 4. The number of carboxylic acids is 2. The summed E-state index contributed by atoms with van der Waals surface area (Å²) in [4.78, 5) is 31.1. The molecule has 0 radical (unpaired) electrons. The predicted molar refractivity (Wildman–Crippen MR) is 69.8 cm³/mol. The summed E-state index contributed by atoms with van der Waals surface area (Å²) in [5.74, 6) is -2.15. The van der Waals surface area contributed by atoms with Crippen LogP contribution >= 0.6 is 0 Å². The normalized spacial score (nSPS) is 14.3. The van der Waals surface area contributed by atoms with Crippen LogP contribution in [0.4, 0.5) is 0 Å². The predicted octanol–water partition coefficient (Wildman–Crippen LogP) is 2.19. The number of ether oxygens (including phenoxy) is 1. The molecule has 2 N–H and O–H groups in total. The molecule has 6 heteroatoms. The first kappa shape index (κ1) is 15.7. The Morgan fingerprint density at radius 2 is 1.40 bits per heavy atom. The highest BCUT2D eigenvalue weighted by atomic mass is 16.5. The molecule has 0 saturated carbocycles. The zero-order valence-corrected chi connectivity index (χ0v) is 10.9. The Balaban J connectivity index is 0.000000217. The molecule has 0 atom stereocenters. The number of esters is 1. The van der Waals surface area contributed by atoms with Gasteiger partial charge in [-0.3, -0.25) is 4.79 Å². The van der Waals surface area contributed by atoms with Gasteiger partial charge in [0.1, 0.15) is 0 Å². The summed E-state index contributed by atoms with van der Waals surface area (Å²) in [6, 6.07) is 5.02. The van der Waals surface area contributed by atoms with Gasteiger partial charge in [0.15, 0.2) is 0 Å². The van der Waals surface area contributed by atoms with E-state index in [1.54, 1.807) is 0 Å². The largest absolute Gasteiger partial charge is 0.478 e. The molecular formula is C14H16O6. The van der Waals surface area contributed by atoms with Gasteiger partial charge in [-0.05, 0) is 43.5 Å². The highest BCUT2D eigenvalue weighted by Gasteiger charge is 2.06. The maximum absolute atomic E-state index is 10.5. The Bertz CT molecular complexity index is 434. The van der Waals surface area contributed by atoms with Crippen molar-refractivity contribution in [2.24, 2.45) is 0 Å². The first-order chi connectivity index (χ1) is 9.50. The maximum Gasteiger partial charge on any atom is 0.335 e.